The van der Waals surface area contributed by atoms with E-state index in [1.807, 2.05) is 6.07 Å². The van der Waals surface area contributed by atoms with Crippen LogP contribution in [0.15, 0.2) is 30.3 Å². The maximum absolute atomic E-state index is 11.4. The van der Waals surface area contributed by atoms with Crippen LogP contribution in [-0.2, 0) is 10.2 Å². The topological polar surface area (TPSA) is 29.1 Å². The quantitative estimate of drug-likeness (QED) is 0.851. The van der Waals surface area contributed by atoms with Crippen molar-refractivity contribution in [1.29, 1.82) is 0 Å². The zero-order valence-electron chi connectivity index (χ0n) is 10.7. The number of hydrogen-bond acceptors (Lipinski definition) is 1. The molecule has 1 aliphatic rings. The first-order valence-electron chi connectivity index (χ1n) is 6.45. The van der Waals surface area contributed by atoms with E-state index in [4.69, 9.17) is 0 Å². The summed E-state index contributed by atoms with van der Waals surface area (Å²) in [6, 6.07) is 10.6. The van der Waals surface area contributed by atoms with Crippen molar-refractivity contribution in [2.24, 2.45) is 5.92 Å². The fourth-order valence-electron chi connectivity index (χ4n) is 2.91. The van der Waals surface area contributed by atoms with Crippen LogP contribution >= 0.6 is 0 Å². The smallest absolute Gasteiger partial charge is 0.220 e. The summed E-state index contributed by atoms with van der Waals surface area (Å²) >= 11 is 0. The molecule has 1 heterocycles. The molecule has 2 rings (SSSR count). The van der Waals surface area contributed by atoms with Crippen molar-refractivity contribution < 1.29 is 4.79 Å². The van der Waals surface area contributed by atoms with Crippen LogP contribution in [0.25, 0.3) is 0 Å². The van der Waals surface area contributed by atoms with E-state index in [1.165, 1.54) is 5.56 Å². The molecule has 0 aromatic heterocycles. The van der Waals surface area contributed by atoms with Gasteiger partial charge in [0.2, 0.25) is 5.91 Å². The largest absolute Gasteiger partial charge is 0.355 e. The standard InChI is InChI=1S/C15H21NO/c1-12(2)10-15(9-8-14(17)16-11-15)13-6-4-3-5-7-13/h3-7,12H,8-11H2,1-2H3,(H,16,17). The molecular weight excluding hydrogens is 210 g/mol. The number of nitrogens with one attached hydrogen (secondary N) is 1. The van der Waals surface area contributed by atoms with Crippen LogP contribution in [-0.4, -0.2) is 12.5 Å². The van der Waals surface area contributed by atoms with Gasteiger partial charge in [-0.05, 0) is 24.3 Å². The first-order chi connectivity index (χ1) is 8.12. The monoisotopic (exact) mass is 231 g/mol. The first kappa shape index (κ1) is 12.2. The lowest BCUT2D eigenvalue weighted by Crippen LogP contribution is -2.46. The second kappa shape index (κ2) is 4.91. The highest BCUT2D eigenvalue weighted by atomic mass is 16.1. The summed E-state index contributed by atoms with van der Waals surface area (Å²) < 4.78 is 0. The van der Waals surface area contributed by atoms with Crippen molar-refractivity contribution in [3.63, 3.8) is 0 Å². The van der Waals surface area contributed by atoms with Crippen molar-refractivity contribution >= 4 is 5.91 Å². The number of carbonyl (C=O) groups excluding carboxylic acids is 1. The van der Waals surface area contributed by atoms with Gasteiger partial charge in [0.25, 0.3) is 0 Å². The molecule has 1 amide bonds. The number of amides is 1. The lowest BCUT2D eigenvalue weighted by molar-refractivity contribution is -0.123. The fourth-order valence-corrected chi connectivity index (χ4v) is 2.91. The Hall–Kier alpha value is -1.31. The van der Waals surface area contributed by atoms with Crippen molar-refractivity contribution in [1.82, 2.24) is 5.32 Å². The molecule has 1 N–H and O–H groups in total. The lowest BCUT2D eigenvalue weighted by Gasteiger charge is -2.39. The Morgan fingerprint density at radius 2 is 2.00 bits per heavy atom. The van der Waals surface area contributed by atoms with Crippen LogP contribution in [0.2, 0.25) is 0 Å². The Morgan fingerprint density at radius 3 is 2.53 bits per heavy atom. The van der Waals surface area contributed by atoms with Gasteiger partial charge >= 0.3 is 0 Å². The molecule has 1 unspecified atom stereocenters. The highest BCUT2D eigenvalue weighted by Crippen LogP contribution is 2.37. The van der Waals surface area contributed by atoms with Crippen LogP contribution in [0.1, 0.15) is 38.7 Å². The van der Waals surface area contributed by atoms with Crippen LogP contribution < -0.4 is 5.32 Å². The lowest BCUT2D eigenvalue weighted by atomic mass is 9.70. The molecule has 1 aliphatic heterocycles. The van der Waals surface area contributed by atoms with E-state index >= 15 is 0 Å². The fraction of sp³-hybridized carbons (Fsp3) is 0.533. The number of rotatable bonds is 3. The van der Waals surface area contributed by atoms with E-state index in [2.05, 4.69) is 43.4 Å². The predicted molar refractivity (Wildman–Crippen MR) is 69.8 cm³/mol. The van der Waals surface area contributed by atoms with Gasteiger partial charge in [0, 0.05) is 18.4 Å². The molecule has 2 heteroatoms. The van der Waals surface area contributed by atoms with E-state index in [-0.39, 0.29) is 11.3 Å². The zero-order chi connectivity index (χ0) is 12.3. The minimum absolute atomic E-state index is 0.142. The summed E-state index contributed by atoms with van der Waals surface area (Å²) in [7, 11) is 0. The molecule has 2 nitrogen and oxygen atoms in total. The van der Waals surface area contributed by atoms with Gasteiger partial charge < -0.3 is 5.32 Å². The summed E-state index contributed by atoms with van der Waals surface area (Å²) in [5.74, 6) is 0.838. The van der Waals surface area contributed by atoms with E-state index in [1.54, 1.807) is 0 Å². The maximum atomic E-state index is 11.4. The first-order valence-corrected chi connectivity index (χ1v) is 6.45. The molecule has 0 saturated carbocycles. The highest BCUT2D eigenvalue weighted by molar-refractivity contribution is 5.77. The van der Waals surface area contributed by atoms with Crippen molar-refractivity contribution in [3.05, 3.63) is 35.9 Å². The summed E-state index contributed by atoms with van der Waals surface area (Å²) in [5.41, 5.74) is 1.51. The number of carbonyl (C=O) groups is 1. The summed E-state index contributed by atoms with van der Waals surface area (Å²) in [4.78, 5) is 11.4. The second-order valence-electron chi connectivity index (χ2n) is 5.52. The molecular formula is C15H21NO. The van der Waals surface area contributed by atoms with Crippen molar-refractivity contribution in [2.45, 2.75) is 38.5 Å². The third-order valence-electron chi connectivity index (χ3n) is 3.64. The Balaban J connectivity index is 2.27. The average molecular weight is 231 g/mol. The minimum Gasteiger partial charge on any atom is -0.355 e. The molecule has 1 fully saturated rings. The van der Waals surface area contributed by atoms with Gasteiger partial charge in [-0.2, -0.15) is 0 Å². The van der Waals surface area contributed by atoms with Crippen molar-refractivity contribution in [2.75, 3.05) is 6.54 Å². The van der Waals surface area contributed by atoms with Gasteiger partial charge in [0.1, 0.15) is 0 Å². The van der Waals surface area contributed by atoms with E-state index < -0.39 is 0 Å². The van der Waals surface area contributed by atoms with Gasteiger partial charge in [-0.25, -0.2) is 0 Å². The molecule has 1 atom stereocenters. The second-order valence-corrected chi connectivity index (χ2v) is 5.52. The van der Waals surface area contributed by atoms with Crippen LogP contribution in [0.4, 0.5) is 0 Å². The maximum Gasteiger partial charge on any atom is 0.220 e. The Kier molecular flexibility index (Phi) is 3.51. The summed E-state index contributed by atoms with van der Waals surface area (Å²) in [6.45, 7) is 5.29. The Morgan fingerprint density at radius 1 is 1.29 bits per heavy atom. The normalized spacial score (nSPS) is 24.8. The van der Waals surface area contributed by atoms with Crippen LogP contribution in [0, 0.1) is 5.92 Å². The van der Waals surface area contributed by atoms with Gasteiger partial charge in [0.15, 0.2) is 0 Å². The molecule has 92 valence electrons. The number of piperidine rings is 1. The third kappa shape index (κ3) is 2.68. The summed E-state index contributed by atoms with van der Waals surface area (Å²) in [6.07, 6.45) is 2.76. The van der Waals surface area contributed by atoms with Gasteiger partial charge in [-0.3, -0.25) is 4.79 Å². The minimum atomic E-state index is 0.142. The molecule has 0 bridgehead atoms. The molecule has 1 aromatic rings. The molecule has 0 radical (unpaired) electrons. The van der Waals surface area contributed by atoms with Crippen molar-refractivity contribution in [3.8, 4) is 0 Å². The Bertz CT molecular complexity index is 373. The Labute approximate surface area is 103 Å². The van der Waals surface area contributed by atoms with E-state index in [0.717, 1.165) is 19.4 Å². The highest BCUT2D eigenvalue weighted by Gasteiger charge is 2.36. The summed E-state index contributed by atoms with van der Waals surface area (Å²) in [5, 5.41) is 3.04. The van der Waals surface area contributed by atoms with Gasteiger partial charge in [-0.15, -0.1) is 0 Å². The van der Waals surface area contributed by atoms with E-state index in [9.17, 15) is 4.79 Å². The molecule has 0 spiro atoms. The molecule has 0 aliphatic carbocycles. The van der Waals surface area contributed by atoms with Gasteiger partial charge in [-0.1, -0.05) is 44.2 Å². The third-order valence-corrected chi connectivity index (χ3v) is 3.64. The predicted octanol–water partition coefficient (Wildman–Crippen LogP) is 2.88. The van der Waals surface area contributed by atoms with E-state index in [0.29, 0.717) is 12.3 Å². The van der Waals surface area contributed by atoms with Crippen LogP contribution in [0.5, 0.6) is 0 Å². The average Bonchev–Trinajstić information content (AvgIpc) is 2.33. The van der Waals surface area contributed by atoms with Crippen LogP contribution in [0.3, 0.4) is 0 Å². The molecule has 1 aromatic carbocycles. The zero-order valence-corrected chi connectivity index (χ0v) is 10.7. The van der Waals surface area contributed by atoms with Gasteiger partial charge in [0.05, 0.1) is 0 Å². The SMILES string of the molecule is CC(C)CC1(c2ccccc2)CCC(=O)NC1. The molecule has 1 saturated heterocycles. The molecule has 17 heavy (non-hydrogen) atoms. The number of benzene rings is 1. The number of hydrogen-bond donors (Lipinski definition) is 1.